The van der Waals surface area contributed by atoms with Gasteiger partial charge in [0, 0.05) is 5.56 Å². The first-order valence-electron chi connectivity index (χ1n) is 6.50. The Morgan fingerprint density at radius 3 is 2.62 bits per heavy atom. The van der Waals surface area contributed by atoms with Crippen LogP contribution in [0.2, 0.25) is 0 Å². The van der Waals surface area contributed by atoms with E-state index in [4.69, 9.17) is 4.74 Å². The van der Waals surface area contributed by atoms with Gasteiger partial charge in [-0.05, 0) is 17.3 Å². The molecular weight excluding hydrogens is 266 g/mol. The van der Waals surface area contributed by atoms with Crippen LogP contribution in [0.5, 0.6) is 5.75 Å². The number of nitrogens with zero attached hydrogens (tertiary/aromatic N) is 4. The fourth-order valence-corrected chi connectivity index (χ4v) is 1.98. The third-order valence-corrected chi connectivity index (χ3v) is 3.08. The van der Waals surface area contributed by atoms with Gasteiger partial charge in [-0.2, -0.15) is 5.21 Å². The number of hydrogen-bond acceptors (Lipinski definition) is 4. The molecule has 3 rings (SSSR count). The van der Waals surface area contributed by atoms with Crippen LogP contribution < -0.4 is 4.74 Å². The molecule has 0 unspecified atom stereocenters. The first-order valence-corrected chi connectivity index (χ1v) is 6.50. The molecule has 0 spiro atoms. The molecule has 21 heavy (non-hydrogen) atoms. The summed E-state index contributed by atoms with van der Waals surface area (Å²) in [5.74, 6) is 1.38. The van der Waals surface area contributed by atoms with Crippen molar-refractivity contribution >= 4 is 5.69 Å². The topological polar surface area (TPSA) is 77.8 Å². The minimum absolute atomic E-state index is 0.545. The molecular formula is C15H14N5O-. The second kappa shape index (κ2) is 6.04. The van der Waals surface area contributed by atoms with E-state index in [9.17, 15) is 0 Å². The van der Waals surface area contributed by atoms with Crippen LogP contribution in [0, 0.1) is 0 Å². The maximum Gasteiger partial charge on any atom is 0.203 e. The number of para-hydroxylation sites is 1. The van der Waals surface area contributed by atoms with E-state index in [0.717, 1.165) is 22.6 Å². The highest BCUT2D eigenvalue weighted by Crippen LogP contribution is 2.31. The molecule has 1 aromatic heterocycles. The molecule has 0 atom stereocenters. The van der Waals surface area contributed by atoms with E-state index in [2.05, 4.69) is 25.9 Å². The summed E-state index contributed by atoms with van der Waals surface area (Å²) in [5.41, 5.74) is 2.81. The van der Waals surface area contributed by atoms with Crippen LogP contribution in [-0.4, -0.2) is 27.7 Å². The number of aromatic amines is 1. The second-order valence-corrected chi connectivity index (χ2v) is 4.42. The molecule has 1 heterocycles. The van der Waals surface area contributed by atoms with Gasteiger partial charge in [0.15, 0.2) is 0 Å². The van der Waals surface area contributed by atoms with Crippen LogP contribution in [0.3, 0.4) is 0 Å². The van der Waals surface area contributed by atoms with Crippen molar-refractivity contribution in [3.63, 3.8) is 0 Å². The van der Waals surface area contributed by atoms with Crippen molar-refractivity contribution in [3.05, 3.63) is 59.4 Å². The number of H-pyrrole nitrogens is 1. The van der Waals surface area contributed by atoms with Gasteiger partial charge in [0.25, 0.3) is 0 Å². The number of tetrazole rings is 1. The number of rotatable bonds is 5. The molecule has 106 valence electrons. The molecule has 6 nitrogen and oxygen atoms in total. The van der Waals surface area contributed by atoms with Gasteiger partial charge < -0.3 is 10.1 Å². The van der Waals surface area contributed by atoms with Crippen molar-refractivity contribution < 1.29 is 4.74 Å². The van der Waals surface area contributed by atoms with Crippen molar-refractivity contribution in [1.82, 2.24) is 20.6 Å². The Balaban J connectivity index is 1.76. The Morgan fingerprint density at radius 1 is 1.10 bits per heavy atom. The van der Waals surface area contributed by atoms with E-state index in [1.807, 2.05) is 48.5 Å². The monoisotopic (exact) mass is 280 g/mol. The van der Waals surface area contributed by atoms with Gasteiger partial charge in [0.1, 0.15) is 5.75 Å². The summed E-state index contributed by atoms with van der Waals surface area (Å²) in [6, 6.07) is 15.6. The van der Waals surface area contributed by atoms with Crippen molar-refractivity contribution in [2.45, 2.75) is 6.54 Å². The minimum atomic E-state index is 0.545. The average Bonchev–Trinajstić information content (AvgIpc) is 3.08. The van der Waals surface area contributed by atoms with Crippen LogP contribution in [0.15, 0.2) is 48.5 Å². The quantitative estimate of drug-likeness (QED) is 0.779. The van der Waals surface area contributed by atoms with Crippen molar-refractivity contribution in [2.75, 3.05) is 7.11 Å². The molecule has 0 aliphatic heterocycles. The molecule has 2 aromatic carbocycles. The minimum Gasteiger partial charge on any atom is -0.680 e. The number of nitrogens with one attached hydrogen (secondary N) is 1. The summed E-state index contributed by atoms with van der Waals surface area (Å²) < 4.78 is 5.14. The molecule has 0 aliphatic carbocycles. The first kappa shape index (κ1) is 13.1. The molecule has 0 saturated heterocycles. The van der Waals surface area contributed by atoms with E-state index in [1.54, 1.807) is 7.11 Å². The summed E-state index contributed by atoms with van der Waals surface area (Å²) in [6.45, 7) is 0.582. The third kappa shape index (κ3) is 3.00. The molecule has 6 heteroatoms. The van der Waals surface area contributed by atoms with Gasteiger partial charge in [0.2, 0.25) is 5.82 Å². The predicted molar refractivity (Wildman–Crippen MR) is 79.3 cm³/mol. The average molecular weight is 280 g/mol. The van der Waals surface area contributed by atoms with Crippen LogP contribution in [0.4, 0.5) is 5.69 Å². The van der Waals surface area contributed by atoms with Gasteiger partial charge in [-0.25, -0.2) is 0 Å². The Bertz CT molecular complexity index is 694. The van der Waals surface area contributed by atoms with Gasteiger partial charge in [-0.15, -0.1) is 22.4 Å². The molecule has 0 fully saturated rings. The predicted octanol–water partition coefficient (Wildman–Crippen LogP) is 3.08. The lowest BCUT2D eigenvalue weighted by Crippen LogP contribution is -1.87. The van der Waals surface area contributed by atoms with Gasteiger partial charge in [-0.1, -0.05) is 42.0 Å². The SMILES string of the molecule is COc1ccc(C[N-]c2ccccc2-c2nn[nH]n2)cc1. The maximum absolute atomic E-state index is 5.14. The van der Waals surface area contributed by atoms with Crippen molar-refractivity contribution in [2.24, 2.45) is 0 Å². The third-order valence-electron chi connectivity index (χ3n) is 3.08. The van der Waals surface area contributed by atoms with Crippen LogP contribution >= 0.6 is 0 Å². The van der Waals surface area contributed by atoms with Gasteiger partial charge >= 0.3 is 0 Å². The molecule has 0 bridgehead atoms. The second-order valence-electron chi connectivity index (χ2n) is 4.42. The largest absolute Gasteiger partial charge is 0.680 e. The summed E-state index contributed by atoms with van der Waals surface area (Å²) in [5, 5.41) is 18.7. The number of aromatic nitrogens is 4. The summed E-state index contributed by atoms with van der Waals surface area (Å²) in [6.07, 6.45) is 0. The number of ether oxygens (including phenoxy) is 1. The van der Waals surface area contributed by atoms with E-state index < -0.39 is 0 Å². The summed E-state index contributed by atoms with van der Waals surface area (Å²) >= 11 is 0. The maximum atomic E-state index is 5.14. The molecule has 0 aliphatic rings. The number of hydrogen-bond donors (Lipinski definition) is 1. The fourth-order valence-electron chi connectivity index (χ4n) is 1.98. The Labute approximate surface area is 122 Å². The zero-order chi connectivity index (χ0) is 14.5. The molecule has 0 amide bonds. The van der Waals surface area contributed by atoms with E-state index >= 15 is 0 Å². The highest BCUT2D eigenvalue weighted by Gasteiger charge is 2.02. The van der Waals surface area contributed by atoms with E-state index in [1.165, 1.54) is 0 Å². The van der Waals surface area contributed by atoms with Crippen LogP contribution in [0.1, 0.15) is 5.56 Å². The zero-order valence-corrected chi connectivity index (χ0v) is 11.5. The van der Waals surface area contributed by atoms with Gasteiger partial charge in [0.05, 0.1) is 7.11 Å². The van der Waals surface area contributed by atoms with E-state index in [-0.39, 0.29) is 0 Å². The Hall–Kier alpha value is -2.89. The highest BCUT2D eigenvalue weighted by molar-refractivity contribution is 5.75. The smallest absolute Gasteiger partial charge is 0.203 e. The summed E-state index contributed by atoms with van der Waals surface area (Å²) in [4.78, 5) is 0. The standard InChI is InChI=1S/C15H14N5O/c1-21-12-8-6-11(7-9-12)10-16-14-5-3-2-4-13(14)15-17-19-20-18-15/h2-9H,10H2,1H3,(H,17,18,19,20)/q-1. The molecule has 0 radical (unpaired) electrons. The molecule has 0 saturated carbocycles. The Kier molecular flexibility index (Phi) is 3.77. The van der Waals surface area contributed by atoms with E-state index in [0.29, 0.717) is 12.4 Å². The van der Waals surface area contributed by atoms with Crippen molar-refractivity contribution in [3.8, 4) is 17.1 Å². The van der Waals surface area contributed by atoms with Gasteiger partial charge in [-0.3, -0.25) is 0 Å². The highest BCUT2D eigenvalue weighted by atomic mass is 16.5. The summed E-state index contributed by atoms with van der Waals surface area (Å²) in [7, 11) is 1.65. The first-order chi connectivity index (χ1) is 10.4. The van der Waals surface area contributed by atoms with Crippen LogP contribution in [-0.2, 0) is 6.54 Å². The molecule has 3 aromatic rings. The Morgan fingerprint density at radius 2 is 1.90 bits per heavy atom. The lowest BCUT2D eigenvalue weighted by atomic mass is 10.1. The lowest BCUT2D eigenvalue weighted by molar-refractivity contribution is 0.414. The number of benzene rings is 2. The van der Waals surface area contributed by atoms with Crippen molar-refractivity contribution in [1.29, 1.82) is 0 Å². The normalized spacial score (nSPS) is 10.3. The lowest BCUT2D eigenvalue weighted by Gasteiger charge is -2.23. The van der Waals surface area contributed by atoms with Crippen LogP contribution in [0.25, 0.3) is 16.7 Å². The number of methoxy groups -OCH3 is 1. The fraction of sp³-hybridized carbons (Fsp3) is 0.133. The molecule has 1 N–H and O–H groups in total. The zero-order valence-electron chi connectivity index (χ0n) is 11.5.